The predicted molar refractivity (Wildman–Crippen MR) is 41.8 cm³/mol. The molecular weight excluding hydrogens is 156 g/mol. The van der Waals surface area contributed by atoms with E-state index in [-0.39, 0.29) is 17.8 Å². The minimum absolute atomic E-state index is 0.131. The van der Waals surface area contributed by atoms with E-state index in [2.05, 4.69) is 0 Å². The highest BCUT2D eigenvalue weighted by atomic mass is 16.7. The Kier molecular flexibility index (Phi) is 0.894. The Morgan fingerprint density at radius 1 is 1.25 bits per heavy atom. The van der Waals surface area contributed by atoms with Gasteiger partial charge in [-0.15, -0.1) is 0 Å². The molecule has 3 saturated heterocycles. The summed E-state index contributed by atoms with van der Waals surface area (Å²) in [7, 11) is 0. The van der Waals surface area contributed by atoms with Crippen LogP contribution in [0.4, 0.5) is 0 Å². The third-order valence-corrected chi connectivity index (χ3v) is 3.85. The molecule has 5 atom stereocenters. The molecule has 3 heterocycles. The first kappa shape index (κ1) is 7.30. The van der Waals surface area contributed by atoms with Crippen molar-refractivity contribution in [2.45, 2.75) is 56.2 Å². The van der Waals surface area contributed by atoms with Gasteiger partial charge in [-0.1, -0.05) is 0 Å². The fourth-order valence-electron chi connectivity index (χ4n) is 3.01. The number of rotatable bonds is 0. The smallest absolute Gasteiger partial charge is 0.123 e. The maximum atomic E-state index is 10.1. The van der Waals surface area contributed by atoms with Crippen molar-refractivity contribution in [2.75, 3.05) is 0 Å². The molecule has 2 bridgehead atoms. The Labute approximate surface area is 71.7 Å². The van der Waals surface area contributed by atoms with Gasteiger partial charge in [0.05, 0.1) is 11.2 Å². The lowest BCUT2D eigenvalue weighted by molar-refractivity contribution is -0.140. The van der Waals surface area contributed by atoms with E-state index in [1.807, 2.05) is 20.8 Å². The lowest BCUT2D eigenvalue weighted by Gasteiger charge is -2.33. The van der Waals surface area contributed by atoms with E-state index in [1.54, 1.807) is 0 Å². The van der Waals surface area contributed by atoms with Gasteiger partial charge >= 0.3 is 0 Å². The lowest BCUT2D eigenvalue weighted by Crippen LogP contribution is -2.51. The molecule has 3 aliphatic heterocycles. The van der Waals surface area contributed by atoms with Crippen LogP contribution < -0.4 is 0 Å². The van der Waals surface area contributed by atoms with Crippen LogP contribution in [-0.4, -0.2) is 34.1 Å². The maximum absolute atomic E-state index is 10.1. The highest BCUT2D eigenvalue weighted by Gasteiger charge is 2.80. The van der Waals surface area contributed by atoms with Crippen LogP contribution in [0, 0.1) is 0 Å². The Bertz CT molecular complexity index is 254. The molecule has 0 aromatic carbocycles. The van der Waals surface area contributed by atoms with Gasteiger partial charge in [0, 0.05) is 6.42 Å². The lowest BCUT2D eigenvalue weighted by atomic mass is 9.73. The second kappa shape index (κ2) is 1.47. The number of fused-ring (bicyclic) bond motifs is 5. The van der Waals surface area contributed by atoms with Gasteiger partial charge < -0.3 is 14.6 Å². The summed E-state index contributed by atoms with van der Waals surface area (Å²) in [6.45, 7) is 5.83. The molecule has 0 aromatic heterocycles. The van der Waals surface area contributed by atoms with Gasteiger partial charge in [-0.2, -0.15) is 0 Å². The molecule has 3 fully saturated rings. The zero-order valence-electron chi connectivity index (χ0n) is 7.63. The number of epoxide rings is 1. The minimum atomic E-state index is -0.723. The van der Waals surface area contributed by atoms with E-state index in [9.17, 15) is 5.11 Å². The van der Waals surface area contributed by atoms with Crippen LogP contribution in [-0.2, 0) is 9.47 Å². The molecular formula is C9H14O3. The van der Waals surface area contributed by atoms with Crippen LogP contribution >= 0.6 is 0 Å². The molecule has 3 nitrogen and oxygen atoms in total. The van der Waals surface area contributed by atoms with Gasteiger partial charge in [-0.25, -0.2) is 0 Å². The second-order valence-electron chi connectivity index (χ2n) is 4.95. The number of hydrogen-bond donors (Lipinski definition) is 1. The summed E-state index contributed by atoms with van der Waals surface area (Å²) >= 11 is 0. The average Bonchev–Trinajstić information content (AvgIpc) is 2.53. The zero-order valence-corrected chi connectivity index (χ0v) is 7.63. The summed E-state index contributed by atoms with van der Waals surface area (Å²) in [4.78, 5) is 0. The monoisotopic (exact) mass is 170 g/mol. The highest BCUT2D eigenvalue weighted by Crippen LogP contribution is 2.64. The third kappa shape index (κ3) is 0.515. The molecule has 3 heteroatoms. The van der Waals surface area contributed by atoms with E-state index in [0.29, 0.717) is 6.42 Å². The van der Waals surface area contributed by atoms with E-state index in [1.165, 1.54) is 0 Å². The van der Waals surface area contributed by atoms with Gasteiger partial charge in [0.15, 0.2) is 0 Å². The molecule has 12 heavy (non-hydrogen) atoms. The highest BCUT2D eigenvalue weighted by molar-refractivity contribution is 5.28. The van der Waals surface area contributed by atoms with Gasteiger partial charge in [0.2, 0.25) is 0 Å². The van der Waals surface area contributed by atoms with Gasteiger partial charge in [0.1, 0.15) is 17.8 Å². The number of hydrogen-bond acceptors (Lipinski definition) is 3. The summed E-state index contributed by atoms with van der Waals surface area (Å²) in [5.41, 5.74) is -1.42. The van der Waals surface area contributed by atoms with E-state index in [4.69, 9.17) is 9.47 Å². The molecule has 0 spiro atoms. The fraction of sp³-hybridized carbons (Fsp3) is 1.00. The van der Waals surface area contributed by atoms with Crippen LogP contribution in [0.15, 0.2) is 0 Å². The first-order valence-electron chi connectivity index (χ1n) is 4.47. The average molecular weight is 170 g/mol. The van der Waals surface area contributed by atoms with Crippen LogP contribution in [0.2, 0.25) is 0 Å². The summed E-state index contributed by atoms with van der Waals surface area (Å²) in [6.07, 6.45) is 1.06. The van der Waals surface area contributed by atoms with Crippen molar-refractivity contribution in [1.82, 2.24) is 0 Å². The molecule has 0 amide bonds. The van der Waals surface area contributed by atoms with Crippen molar-refractivity contribution < 1.29 is 14.6 Å². The van der Waals surface area contributed by atoms with Gasteiger partial charge in [-0.05, 0) is 20.8 Å². The van der Waals surface area contributed by atoms with Crippen molar-refractivity contribution in [3.05, 3.63) is 0 Å². The van der Waals surface area contributed by atoms with Crippen molar-refractivity contribution in [2.24, 2.45) is 0 Å². The van der Waals surface area contributed by atoms with E-state index < -0.39 is 11.2 Å². The number of aliphatic hydroxyl groups is 1. The second-order valence-corrected chi connectivity index (χ2v) is 4.95. The quantitative estimate of drug-likeness (QED) is 0.537. The standard InChI is InChI=1S/C9H14O3/c1-7-4-8(2,10)9(3,12-7)6-5(7)11-6/h5-6,10H,4H2,1-3H3. The van der Waals surface area contributed by atoms with Gasteiger partial charge in [0.25, 0.3) is 0 Å². The summed E-state index contributed by atoms with van der Waals surface area (Å²) < 4.78 is 11.3. The zero-order chi connectivity index (χ0) is 8.78. The van der Waals surface area contributed by atoms with Gasteiger partial charge in [-0.3, -0.25) is 0 Å². The number of ether oxygens (including phenoxy) is 2. The maximum Gasteiger partial charge on any atom is 0.123 e. The molecule has 5 unspecified atom stereocenters. The fourth-order valence-corrected chi connectivity index (χ4v) is 3.01. The third-order valence-electron chi connectivity index (χ3n) is 3.85. The topological polar surface area (TPSA) is 42.0 Å². The molecule has 3 rings (SSSR count). The Balaban J connectivity index is 2.11. The van der Waals surface area contributed by atoms with Crippen molar-refractivity contribution >= 4 is 0 Å². The van der Waals surface area contributed by atoms with Crippen molar-refractivity contribution in [3.8, 4) is 0 Å². The van der Waals surface area contributed by atoms with Crippen LogP contribution in [0.1, 0.15) is 27.2 Å². The molecule has 0 saturated carbocycles. The van der Waals surface area contributed by atoms with E-state index >= 15 is 0 Å². The molecule has 0 aromatic rings. The minimum Gasteiger partial charge on any atom is -0.387 e. The normalized spacial score (nSPS) is 73.0. The van der Waals surface area contributed by atoms with Crippen LogP contribution in [0.3, 0.4) is 0 Å². The molecule has 0 radical (unpaired) electrons. The van der Waals surface area contributed by atoms with Crippen LogP contribution in [0.25, 0.3) is 0 Å². The predicted octanol–water partition coefficient (Wildman–Crippen LogP) is 0.456. The Morgan fingerprint density at radius 2 is 1.92 bits per heavy atom. The summed E-state index contributed by atoms with van der Waals surface area (Å²) in [5.74, 6) is 0. The largest absolute Gasteiger partial charge is 0.387 e. The molecule has 68 valence electrons. The molecule has 1 N–H and O–H groups in total. The van der Waals surface area contributed by atoms with Crippen molar-refractivity contribution in [1.29, 1.82) is 0 Å². The van der Waals surface area contributed by atoms with Crippen LogP contribution in [0.5, 0.6) is 0 Å². The molecule has 3 aliphatic rings. The SMILES string of the molecule is CC12CC(C)(O)C(C)(O1)C1OC12. The van der Waals surface area contributed by atoms with E-state index in [0.717, 1.165) is 0 Å². The summed E-state index contributed by atoms with van der Waals surface area (Å²) in [5, 5.41) is 10.1. The first-order valence-corrected chi connectivity index (χ1v) is 4.47. The summed E-state index contributed by atoms with van der Waals surface area (Å²) in [6, 6.07) is 0. The first-order chi connectivity index (χ1) is 5.39. The van der Waals surface area contributed by atoms with Crippen molar-refractivity contribution in [3.63, 3.8) is 0 Å². The Hall–Kier alpha value is -0.120. The molecule has 0 aliphatic carbocycles. The Morgan fingerprint density at radius 3 is 2.33 bits per heavy atom.